The van der Waals surface area contributed by atoms with Crippen molar-refractivity contribution < 1.29 is 14.4 Å². The zero-order chi connectivity index (χ0) is 20.1. The average Bonchev–Trinajstić information content (AvgIpc) is 3.21. The SMILES string of the molecule is CC(=O)[C@@H]1[C@@H]2C(=O)N(CCc3ccccc3)C(=O)[C@H]2[C@H]2c3ccccc3C=CN12. The first-order valence-corrected chi connectivity index (χ1v) is 10.0. The van der Waals surface area contributed by atoms with E-state index >= 15 is 0 Å². The highest BCUT2D eigenvalue weighted by Crippen LogP contribution is 2.52. The van der Waals surface area contributed by atoms with E-state index in [2.05, 4.69) is 0 Å². The van der Waals surface area contributed by atoms with Crippen LogP contribution in [0.5, 0.6) is 0 Å². The molecule has 4 atom stereocenters. The monoisotopic (exact) mass is 386 g/mol. The van der Waals surface area contributed by atoms with Gasteiger partial charge in [-0.2, -0.15) is 0 Å². The zero-order valence-corrected chi connectivity index (χ0v) is 16.2. The lowest BCUT2D eigenvalue weighted by Gasteiger charge is -2.35. The molecule has 2 amide bonds. The van der Waals surface area contributed by atoms with Crippen LogP contribution >= 0.6 is 0 Å². The van der Waals surface area contributed by atoms with Gasteiger partial charge in [-0.1, -0.05) is 54.6 Å². The number of hydrogen-bond acceptors (Lipinski definition) is 4. The van der Waals surface area contributed by atoms with Gasteiger partial charge in [0.25, 0.3) is 0 Å². The third kappa shape index (κ3) is 2.64. The summed E-state index contributed by atoms with van der Waals surface area (Å²) in [5, 5.41) is 0. The third-order valence-corrected chi connectivity index (χ3v) is 6.44. The molecular formula is C24H22N2O3. The summed E-state index contributed by atoms with van der Waals surface area (Å²) < 4.78 is 0. The van der Waals surface area contributed by atoms with E-state index in [0.29, 0.717) is 13.0 Å². The van der Waals surface area contributed by atoms with Gasteiger partial charge in [-0.15, -0.1) is 0 Å². The normalized spacial score (nSPS) is 27.1. The van der Waals surface area contributed by atoms with Gasteiger partial charge in [0, 0.05) is 12.7 Å². The van der Waals surface area contributed by atoms with Gasteiger partial charge in [-0.3, -0.25) is 19.3 Å². The van der Waals surface area contributed by atoms with Gasteiger partial charge in [-0.05, 0) is 36.1 Å². The quantitative estimate of drug-likeness (QED) is 0.759. The molecule has 29 heavy (non-hydrogen) atoms. The standard InChI is InChI=1S/C24H22N2O3/c1-15(27)21-19-20(22-18-10-6-5-9-17(18)12-14-25(21)22)24(29)26(23(19)28)13-11-16-7-3-2-4-8-16/h2-10,12,14,19-22H,11,13H2,1H3/t19-,20-,21-,22-/m1/s1. The number of ketones is 1. The van der Waals surface area contributed by atoms with Crippen molar-refractivity contribution in [2.45, 2.75) is 25.4 Å². The first-order chi connectivity index (χ1) is 14.1. The van der Waals surface area contributed by atoms with Crippen molar-refractivity contribution in [1.29, 1.82) is 0 Å². The smallest absolute Gasteiger partial charge is 0.235 e. The Labute approximate surface area is 169 Å². The maximum atomic E-state index is 13.4. The van der Waals surface area contributed by atoms with E-state index in [9.17, 15) is 14.4 Å². The Balaban J connectivity index is 1.50. The van der Waals surface area contributed by atoms with Crippen LogP contribution in [0.3, 0.4) is 0 Å². The number of likely N-dealkylation sites (tertiary alicyclic amines) is 1. The fourth-order valence-corrected chi connectivity index (χ4v) is 5.19. The van der Waals surface area contributed by atoms with Crippen molar-refractivity contribution in [3.63, 3.8) is 0 Å². The molecular weight excluding hydrogens is 364 g/mol. The molecule has 2 aromatic rings. The number of amides is 2. The number of fused-ring (bicyclic) bond motifs is 5. The lowest BCUT2D eigenvalue weighted by Crippen LogP contribution is -2.43. The van der Waals surface area contributed by atoms with Gasteiger partial charge in [0.1, 0.15) is 0 Å². The summed E-state index contributed by atoms with van der Waals surface area (Å²) in [6.07, 6.45) is 4.46. The van der Waals surface area contributed by atoms with Crippen LogP contribution in [0, 0.1) is 11.8 Å². The number of benzene rings is 2. The molecule has 2 saturated heterocycles. The van der Waals surface area contributed by atoms with Crippen LogP contribution in [-0.4, -0.2) is 40.0 Å². The van der Waals surface area contributed by atoms with E-state index < -0.39 is 17.9 Å². The van der Waals surface area contributed by atoms with Crippen molar-refractivity contribution in [3.05, 3.63) is 77.5 Å². The van der Waals surface area contributed by atoms with Crippen LogP contribution in [0.15, 0.2) is 60.8 Å². The van der Waals surface area contributed by atoms with E-state index in [-0.39, 0.29) is 23.6 Å². The second-order valence-corrected chi connectivity index (χ2v) is 8.01. The lowest BCUT2D eigenvalue weighted by atomic mass is 9.84. The lowest BCUT2D eigenvalue weighted by molar-refractivity contribution is -0.142. The molecule has 3 aliphatic rings. The Morgan fingerprint density at radius 3 is 2.38 bits per heavy atom. The maximum absolute atomic E-state index is 13.4. The first kappa shape index (κ1) is 17.9. The molecule has 5 heteroatoms. The highest BCUT2D eigenvalue weighted by atomic mass is 16.2. The summed E-state index contributed by atoms with van der Waals surface area (Å²) in [6, 6.07) is 16.9. The van der Waals surface area contributed by atoms with Gasteiger partial charge in [0.05, 0.1) is 23.9 Å². The summed E-state index contributed by atoms with van der Waals surface area (Å²) in [5.41, 5.74) is 3.14. The van der Waals surface area contributed by atoms with Crippen molar-refractivity contribution in [3.8, 4) is 0 Å². The first-order valence-electron chi connectivity index (χ1n) is 10.0. The highest BCUT2D eigenvalue weighted by molar-refractivity contribution is 6.09. The second kappa shape index (κ2) is 6.69. The summed E-state index contributed by atoms with van der Waals surface area (Å²) in [6.45, 7) is 1.87. The zero-order valence-electron chi connectivity index (χ0n) is 16.2. The van der Waals surface area contributed by atoms with E-state index in [4.69, 9.17) is 0 Å². The number of carbonyl (C=O) groups is 3. The molecule has 2 aromatic carbocycles. The molecule has 5 nitrogen and oxygen atoms in total. The largest absolute Gasteiger partial charge is 0.359 e. The minimum absolute atomic E-state index is 0.0717. The van der Waals surface area contributed by atoms with Crippen LogP contribution in [0.2, 0.25) is 0 Å². The van der Waals surface area contributed by atoms with Crippen LogP contribution in [0.25, 0.3) is 6.08 Å². The van der Waals surface area contributed by atoms with E-state index in [1.54, 1.807) is 0 Å². The fourth-order valence-electron chi connectivity index (χ4n) is 5.19. The molecule has 5 rings (SSSR count). The Morgan fingerprint density at radius 1 is 0.931 bits per heavy atom. The van der Waals surface area contributed by atoms with Crippen molar-refractivity contribution in [2.24, 2.45) is 11.8 Å². The molecule has 0 unspecified atom stereocenters. The molecule has 0 aliphatic carbocycles. The van der Waals surface area contributed by atoms with Crippen molar-refractivity contribution in [1.82, 2.24) is 9.80 Å². The fraction of sp³-hybridized carbons (Fsp3) is 0.292. The van der Waals surface area contributed by atoms with Crippen LogP contribution < -0.4 is 0 Å². The molecule has 0 radical (unpaired) electrons. The van der Waals surface area contributed by atoms with Crippen LogP contribution in [0.1, 0.15) is 29.7 Å². The molecule has 3 heterocycles. The van der Waals surface area contributed by atoms with Gasteiger partial charge < -0.3 is 4.90 Å². The van der Waals surface area contributed by atoms with E-state index in [0.717, 1.165) is 16.7 Å². The Kier molecular flexibility index (Phi) is 4.12. The Hall–Kier alpha value is -3.21. The maximum Gasteiger partial charge on any atom is 0.235 e. The number of hydrogen-bond donors (Lipinski definition) is 0. The Bertz CT molecular complexity index is 1030. The molecule has 2 fully saturated rings. The molecule has 0 spiro atoms. The number of carbonyl (C=O) groups excluding carboxylic acids is 3. The van der Waals surface area contributed by atoms with Gasteiger partial charge >= 0.3 is 0 Å². The van der Waals surface area contributed by atoms with Gasteiger partial charge in [0.2, 0.25) is 11.8 Å². The van der Waals surface area contributed by atoms with Crippen LogP contribution in [0.4, 0.5) is 0 Å². The molecule has 0 N–H and O–H groups in total. The average molecular weight is 386 g/mol. The summed E-state index contributed by atoms with van der Waals surface area (Å²) >= 11 is 0. The molecule has 0 aromatic heterocycles. The van der Waals surface area contributed by atoms with Crippen molar-refractivity contribution in [2.75, 3.05) is 6.54 Å². The second-order valence-electron chi connectivity index (χ2n) is 8.01. The molecule has 3 aliphatic heterocycles. The number of rotatable bonds is 4. The van der Waals surface area contributed by atoms with E-state index in [1.165, 1.54) is 11.8 Å². The molecule has 0 saturated carbocycles. The van der Waals surface area contributed by atoms with Gasteiger partial charge in [0.15, 0.2) is 5.78 Å². The topological polar surface area (TPSA) is 57.7 Å². The minimum Gasteiger partial charge on any atom is -0.359 e. The van der Waals surface area contributed by atoms with Crippen LogP contribution in [-0.2, 0) is 20.8 Å². The number of Topliss-reactive ketones (excluding diaryl/α,β-unsaturated/α-hetero) is 1. The highest BCUT2D eigenvalue weighted by Gasteiger charge is 2.63. The minimum atomic E-state index is -0.614. The van der Waals surface area contributed by atoms with Gasteiger partial charge in [-0.25, -0.2) is 0 Å². The van der Waals surface area contributed by atoms with E-state index in [1.807, 2.05) is 71.8 Å². The summed E-state index contributed by atoms with van der Waals surface area (Å²) in [7, 11) is 0. The number of imide groups is 1. The predicted molar refractivity (Wildman–Crippen MR) is 108 cm³/mol. The number of nitrogens with zero attached hydrogens (tertiary/aromatic N) is 2. The predicted octanol–water partition coefficient (Wildman–Crippen LogP) is 2.83. The Morgan fingerprint density at radius 2 is 1.62 bits per heavy atom. The molecule has 146 valence electrons. The molecule has 0 bridgehead atoms. The third-order valence-electron chi connectivity index (χ3n) is 6.44. The summed E-state index contributed by atoms with van der Waals surface area (Å²) in [5.74, 6) is -1.57. The summed E-state index contributed by atoms with van der Waals surface area (Å²) in [4.78, 5) is 42.5. The van der Waals surface area contributed by atoms with Crippen molar-refractivity contribution >= 4 is 23.7 Å².